The molecule has 0 aliphatic heterocycles. The van der Waals surface area contributed by atoms with Crippen LogP contribution in [0.1, 0.15) is 102 Å². The lowest BCUT2D eigenvalue weighted by Gasteiger charge is -2.05. The zero-order valence-electron chi connectivity index (χ0n) is 23.9. The van der Waals surface area contributed by atoms with Gasteiger partial charge in [-0.25, -0.2) is 23.5 Å². The van der Waals surface area contributed by atoms with Gasteiger partial charge in [0, 0.05) is 18.6 Å². The van der Waals surface area contributed by atoms with Gasteiger partial charge >= 0.3 is 11.6 Å². The van der Waals surface area contributed by atoms with E-state index in [1.807, 2.05) is 6.92 Å². The number of rotatable bonds is 18. The highest BCUT2D eigenvalue weighted by molar-refractivity contribution is 7.85. The molecule has 1 amide bonds. The van der Waals surface area contributed by atoms with Gasteiger partial charge in [0.15, 0.2) is 6.20 Å². The molecule has 9 nitrogen and oxygen atoms in total. The summed E-state index contributed by atoms with van der Waals surface area (Å²) in [7, 11) is -4.27. The number of amides is 1. The first-order valence-corrected chi connectivity index (χ1v) is 15.7. The number of aryl methyl sites for hydroxylation is 1. The molecular weight excluding hydrogens is 530 g/mol. The summed E-state index contributed by atoms with van der Waals surface area (Å²) in [5.41, 5.74) is 0.901. The fourth-order valence-corrected chi connectivity index (χ4v) is 4.35. The largest absolute Gasteiger partial charge is 0.744 e. The molecule has 0 saturated carbocycles. The predicted octanol–water partition coefficient (Wildman–Crippen LogP) is 7.28. The van der Waals surface area contributed by atoms with E-state index >= 15 is 0 Å². The normalized spacial score (nSPS) is 11.2. The Morgan fingerprint density at radius 1 is 0.875 bits per heavy atom. The lowest BCUT2D eigenvalue weighted by atomic mass is 10.1. The van der Waals surface area contributed by atoms with E-state index in [0.29, 0.717) is 12.2 Å². The Bertz CT molecular complexity index is 1120. The molecule has 222 valence electrons. The predicted molar refractivity (Wildman–Crippen MR) is 157 cm³/mol. The third-order valence-corrected chi connectivity index (χ3v) is 7.11. The molecule has 0 unspecified atom stereocenters. The van der Waals surface area contributed by atoms with Crippen molar-refractivity contribution in [3.8, 4) is 0 Å². The second-order valence-electron chi connectivity index (χ2n) is 9.87. The van der Waals surface area contributed by atoms with Crippen LogP contribution in [-0.4, -0.2) is 23.8 Å². The molecule has 2 rings (SSSR count). The third kappa shape index (κ3) is 17.5. The number of carbonyl (C=O) groups excluding carboxylic acids is 1. The molecule has 0 atom stereocenters. The summed E-state index contributed by atoms with van der Waals surface area (Å²) < 4.78 is 31.2. The summed E-state index contributed by atoms with van der Waals surface area (Å²) >= 11 is 0. The molecule has 2 N–H and O–H groups in total. The fraction of sp³-hybridized carbons (Fsp3) is 0.533. The number of nitrogens with one attached hydrogen (secondary N) is 2. The molecule has 0 bridgehead atoms. The van der Waals surface area contributed by atoms with Crippen molar-refractivity contribution in [1.29, 1.82) is 0 Å². The van der Waals surface area contributed by atoms with Crippen LogP contribution in [-0.2, 0) is 14.9 Å². The molecule has 2 aromatic rings. The van der Waals surface area contributed by atoms with E-state index in [1.165, 1.54) is 88.2 Å². The number of anilines is 1. The number of nitrogens with zero attached hydrogens (tertiary/aromatic N) is 1. The molecule has 0 aliphatic carbocycles. The Labute approximate surface area is 239 Å². The maximum atomic E-state index is 11.9. The maximum Gasteiger partial charge on any atom is 0.308 e. The van der Waals surface area contributed by atoms with Gasteiger partial charge in [0.05, 0.1) is 9.82 Å². The van der Waals surface area contributed by atoms with Crippen molar-refractivity contribution >= 4 is 27.5 Å². The standard InChI is InChI=1S/C23H37N3O3.C7H8O3S/c1-2-3-4-5-6-7-8-9-10-11-12-13-14-15-16-17-23(27)25-22-19-18-21(20-24-22)26(28)29;1-6-2-4-7(5-3-6)11(8,9)10/h9-10,18-20H,2-8,11-17H2,1H3,(H,24,25,27);2-5H,1H3,(H,8,9,10)/b10-9-;. The minimum absolute atomic E-state index is 0.0275. The molecule has 0 aliphatic rings. The number of aromatic nitrogens is 1. The van der Waals surface area contributed by atoms with Crippen molar-refractivity contribution < 1.29 is 27.7 Å². The zero-order chi connectivity index (χ0) is 29.6. The van der Waals surface area contributed by atoms with E-state index in [0.717, 1.165) is 31.2 Å². The van der Waals surface area contributed by atoms with E-state index in [1.54, 1.807) is 12.1 Å². The number of aromatic amines is 1. The highest BCUT2D eigenvalue weighted by Gasteiger charge is 2.12. The smallest absolute Gasteiger partial charge is 0.308 e. The number of nitro groups is 1. The molecule has 0 saturated heterocycles. The lowest BCUT2D eigenvalue weighted by Crippen LogP contribution is -2.19. The van der Waals surface area contributed by atoms with Gasteiger partial charge in [-0.2, -0.15) is 0 Å². The van der Waals surface area contributed by atoms with Crippen molar-refractivity contribution in [1.82, 2.24) is 0 Å². The van der Waals surface area contributed by atoms with Crippen molar-refractivity contribution in [3.63, 3.8) is 0 Å². The highest BCUT2D eigenvalue weighted by Crippen LogP contribution is 2.12. The quantitative estimate of drug-likeness (QED) is 0.0650. The van der Waals surface area contributed by atoms with Gasteiger partial charge in [-0.1, -0.05) is 88.1 Å². The first-order chi connectivity index (χ1) is 19.1. The van der Waals surface area contributed by atoms with E-state index in [-0.39, 0.29) is 16.5 Å². The maximum absolute atomic E-state index is 11.9. The summed E-state index contributed by atoms with van der Waals surface area (Å²) in [4.78, 5) is 24.6. The molecular formula is C30H45N3O6S. The lowest BCUT2D eigenvalue weighted by molar-refractivity contribution is -0.413. The SMILES string of the molecule is CCCCCCCC/C=C\CCCCCCCC(=O)Nc1ccc([N+](=O)[O-])c[nH+]1.Cc1ccc(S(=O)(=O)[O-])cc1. The van der Waals surface area contributed by atoms with Crippen LogP contribution in [0.25, 0.3) is 0 Å². The molecule has 40 heavy (non-hydrogen) atoms. The van der Waals surface area contributed by atoms with Crippen LogP contribution in [0.4, 0.5) is 11.5 Å². The van der Waals surface area contributed by atoms with Crippen molar-refractivity contribution in [2.45, 2.75) is 109 Å². The van der Waals surface area contributed by atoms with E-state index < -0.39 is 15.0 Å². The Kier molecular flexibility index (Phi) is 18.1. The molecule has 1 aromatic heterocycles. The van der Waals surface area contributed by atoms with E-state index in [4.69, 9.17) is 0 Å². The Morgan fingerprint density at radius 2 is 1.43 bits per heavy atom. The molecule has 1 aromatic carbocycles. The fourth-order valence-electron chi connectivity index (χ4n) is 3.88. The van der Waals surface area contributed by atoms with Gasteiger partial charge in [0.2, 0.25) is 0 Å². The van der Waals surface area contributed by atoms with Gasteiger partial charge in [0.25, 0.3) is 5.82 Å². The number of H-pyrrole nitrogens is 1. The zero-order valence-corrected chi connectivity index (χ0v) is 24.7. The topological polar surface area (TPSA) is 144 Å². The number of hydrogen-bond donors (Lipinski definition) is 1. The Hall–Kier alpha value is -3.11. The summed E-state index contributed by atoms with van der Waals surface area (Å²) in [5, 5.41) is 13.3. The van der Waals surface area contributed by atoms with Gasteiger partial charge < -0.3 is 4.55 Å². The van der Waals surface area contributed by atoms with Crippen LogP contribution in [0.5, 0.6) is 0 Å². The number of unbranched alkanes of at least 4 members (excludes halogenated alkanes) is 11. The summed E-state index contributed by atoms with van der Waals surface area (Å²) in [6, 6.07) is 8.66. The van der Waals surface area contributed by atoms with Crippen molar-refractivity contribution in [3.05, 3.63) is 70.4 Å². The molecule has 10 heteroatoms. The summed E-state index contributed by atoms with van der Waals surface area (Å²) in [6.45, 7) is 4.07. The van der Waals surface area contributed by atoms with Crippen molar-refractivity contribution in [2.24, 2.45) is 0 Å². The minimum Gasteiger partial charge on any atom is -0.744 e. The third-order valence-electron chi connectivity index (χ3n) is 6.26. The first-order valence-electron chi connectivity index (χ1n) is 14.3. The number of hydrogen-bond acceptors (Lipinski definition) is 6. The minimum atomic E-state index is -4.27. The van der Waals surface area contributed by atoms with Crippen molar-refractivity contribution in [2.75, 3.05) is 5.32 Å². The monoisotopic (exact) mass is 575 g/mol. The van der Waals surface area contributed by atoms with Crippen LogP contribution in [0.2, 0.25) is 0 Å². The van der Waals surface area contributed by atoms with Crippen LogP contribution in [0.3, 0.4) is 0 Å². The summed E-state index contributed by atoms with van der Waals surface area (Å²) in [5.74, 6) is 0.418. The van der Waals surface area contributed by atoms with Gasteiger partial charge in [0.1, 0.15) is 10.1 Å². The average Bonchev–Trinajstić information content (AvgIpc) is 2.91. The van der Waals surface area contributed by atoms with Crippen LogP contribution in [0.15, 0.2) is 59.6 Å². The van der Waals surface area contributed by atoms with Crippen LogP contribution < -0.4 is 10.3 Å². The van der Waals surface area contributed by atoms with Crippen LogP contribution in [0, 0.1) is 17.0 Å². The number of benzene rings is 1. The Balaban J connectivity index is 0.000000603. The molecule has 0 spiro atoms. The van der Waals surface area contributed by atoms with Gasteiger partial charge in [-0.3, -0.25) is 10.1 Å². The Morgan fingerprint density at radius 3 is 1.93 bits per heavy atom. The first kappa shape index (κ1) is 34.9. The van der Waals surface area contributed by atoms with E-state index in [2.05, 4.69) is 29.4 Å². The summed E-state index contributed by atoms with van der Waals surface area (Å²) in [6.07, 6.45) is 22.4. The van der Waals surface area contributed by atoms with E-state index in [9.17, 15) is 27.9 Å². The molecule has 1 heterocycles. The second-order valence-corrected chi connectivity index (χ2v) is 11.2. The number of carbonyl (C=O) groups is 1. The highest BCUT2D eigenvalue weighted by atomic mass is 32.2. The van der Waals surface area contributed by atoms with Crippen LogP contribution >= 0.6 is 0 Å². The number of pyridine rings is 1. The average molecular weight is 576 g/mol. The second kappa shape index (κ2) is 20.7. The molecule has 0 radical (unpaired) electrons. The molecule has 0 fully saturated rings. The van der Waals surface area contributed by atoms with Gasteiger partial charge in [-0.05, 0) is 51.2 Å². The number of allylic oxidation sites excluding steroid dienone is 2. The van der Waals surface area contributed by atoms with Gasteiger partial charge in [-0.15, -0.1) is 0 Å².